The van der Waals surface area contributed by atoms with Crippen molar-refractivity contribution in [3.05, 3.63) is 35.2 Å². The van der Waals surface area contributed by atoms with Crippen LogP contribution in [-0.2, 0) is 11.3 Å². The SMILES string of the molecule is CN=C(NCc1csc2ccccc12)NCC1CCOC1.I. The highest BCUT2D eigenvalue weighted by Gasteiger charge is 2.15. The number of hydrogen-bond acceptors (Lipinski definition) is 3. The summed E-state index contributed by atoms with van der Waals surface area (Å²) < 4.78 is 6.72. The first-order valence-electron chi connectivity index (χ1n) is 7.34. The van der Waals surface area contributed by atoms with Crippen molar-refractivity contribution in [3.8, 4) is 0 Å². The number of nitrogens with zero attached hydrogens (tertiary/aromatic N) is 1. The van der Waals surface area contributed by atoms with Gasteiger partial charge in [-0.25, -0.2) is 0 Å². The molecule has 1 saturated heterocycles. The monoisotopic (exact) mass is 431 g/mol. The van der Waals surface area contributed by atoms with Gasteiger partial charge in [0.15, 0.2) is 5.96 Å². The van der Waals surface area contributed by atoms with Gasteiger partial charge in [-0.05, 0) is 28.8 Å². The molecule has 0 spiro atoms. The highest BCUT2D eigenvalue weighted by molar-refractivity contribution is 14.0. The largest absolute Gasteiger partial charge is 0.381 e. The van der Waals surface area contributed by atoms with Crippen LogP contribution in [0, 0.1) is 5.92 Å². The van der Waals surface area contributed by atoms with Crippen LogP contribution in [-0.4, -0.2) is 32.8 Å². The Hall–Kier alpha value is -0.860. The lowest BCUT2D eigenvalue weighted by atomic mass is 10.1. The fourth-order valence-corrected chi connectivity index (χ4v) is 3.52. The first kappa shape index (κ1) is 17.5. The van der Waals surface area contributed by atoms with E-state index in [9.17, 15) is 0 Å². The van der Waals surface area contributed by atoms with E-state index in [4.69, 9.17) is 4.74 Å². The zero-order valence-electron chi connectivity index (χ0n) is 12.7. The molecule has 1 unspecified atom stereocenters. The first-order valence-corrected chi connectivity index (χ1v) is 8.22. The highest BCUT2D eigenvalue weighted by atomic mass is 127. The molecule has 2 N–H and O–H groups in total. The molecule has 1 fully saturated rings. The number of nitrogens with one attached hydrogen (secondary N) is 2. The molecule has 1 aromatic carbocycles. The smallest absolute Gasteiger partial charge is 0.191 e. The number of guanidine groups is 1. The Morgan fingerprint density at radius 2 is 2.23 bits per heavy atom. The Balaban J connectivity index is 0.00000176. The maximum absolute atomic E-state index is 5.39. The second-order valence-electron chi connectivity index (χ2n) is 5.29. The Morgan fingerprint density at radius 1 is 1.36 bits per heavy atom. The van der Waals surface area contributed by atoms with E-state index in [-0.39, 0.29) is 24.0 Å². The van der Waals surface area contributed by atoms with Crippen LogP contribution in [0.2, 0.25) is 0 Å². The van der Waals surface area contributed by atoms with Crippen LogP contribution in [0.1, 0.15) is 12.0 Å². The minimum atomic E-state index is 0. The Morgan fingerprint density at radius 3 is 3.00 bits per heavy atom. The van der Waals surface area contributed by atoms with Gasteiger partial charge in [-0.1, -0.05) is 18.2 Å². The van der Waals surface area contributed by atoms with E-state index in [1.807, 2.05) is 7.05 Å². The molecule has 3 rings (SSSR count). The minimum Gasteiger partial charge on any atom is -0.381 e. The number of halogens is 1. The molecule has 22 heavy (non-hydrogen) atoms. The summed E-state index contributed by atoms with van der Waals surface area (Å²) in [6, 6.07) is 8.51. The summed E-state index contributed by atoms with van der Waals surface area (Å²) in [5.74, 6) is 1.46. The van der Waals surface area contributed by atoms with Crippen molar-refractivity contribution in [2.75, 3.05) is 26.8 Å². The molecule has 1 aliphatic heterocycles. The van der Waals surface area contributed by atoms with Crippen molar-refractivity contribution in [2.45, 2.75) is 13.0 Å². The average Bonchev–Trinajstić information content (AvgIpc) is 3.17. The second kappa shape index (κ2) is 8.69. The summed E-state index contributed by atoms with van der Waals surface area (Å²) in [7, 11) is 1.81. The lowest BCUT2D eigenvalue weighted by Gasteiger charge is -2.14. The predicted octanol–water partition coefficient (Wildman–Crippen LogP) is 3.22. The fraction of sp³-hybridized carbons (Fsp3) is 0.438. The number of aliphatic imine (C=N–C) groups is 1. The summed E-state index contributed by atoms with van der Waals surface area (Å²) >= 11 is 1.79. The third kappa shape index (κ3) is 4.33. The van der Waals surface area contributed by atoms with Gasteiger partial charge < -0.3 is 15.4 Å². The maximum atomic E-state index is 5.39. The van der Waals surface area contributed by atoms with Crippen LogP contribution in [0.25, 0.3) is 10.1 Å². The number of rotatable bonds is 4. The van der Waals surface area contributed by atoms with E-state index >= 15 is 0 Å². The topological polar surface area (TPSA) is 45.7 Å². The fourth-order valence-electron chi connectivity index (χ4n) is 2.55. The number of hydrogen-bond donors (Lipinski definition) is 2. The third-order valence-corrected chi connectivity index (χ3v) is 4.83. The third-order valence-electron chi connectivity index (χ3n) is 3.81. The molecular weight excluding hydrogens is 409 g/mol. The van der Waals surface area contributed by atoms with Crippen molar-refractivity contribution >= 4 is 51.4 Å². The van der Waals surface area contributed by atoms with E-state index < -0.39 is 0 Å². The van der Waals surface area contributed by atoms with Gasteiger partial charge >= 0.3 is 0 Å². The van der Waals surface area contributed by atoms with E-state index in [1.165, 1.54) is 15.6 Å². The average molecular weight is 431 g/mol. The molecule has 120 valence electrons. The number of benzene rings is 1. The lowest BCUT2D eigenvalue weighted by Crippen LogP contribution is -2.39. The van der Waals surface area contributed by atoms with Crippen molar-refractivity contribution in [1.82, 2.24) is 10.6 Å². The van der Waals surface area contributed by atoms with Crippen LogP contribution in [0.3, 0.4) is 0 Å². The van der Waals surface area contributed by atoms with E-state index in [2.05, 4.69) is 45.3 Å². The first-order chi connectivity index (χ1) is 10.4. The van der Waals surface area contributed by atoms with Crippen LogP contribution in [0.5, 0.6) is 0 Å². The van der Waals surface area contributed by atoms with Crippen LogP contribution < -0.4 is 10.6 Å². The summed E-state index contributed by atoms with van der Waals surface area (Å²) in [6.45, 7) is 3.47. The summed E-state index contributed by atoms with van der Waals surface area (Å²) in [5, 5.41) is 10.3. The quantitative estimate of drug-likeness (QED) is 0.444. The van der Waals surface area contributed by atoms with Gasteiger partial charge in [0.2, 0.25) is 0 Å². The highest BCUT2D eigenvalue weighted by Crippen LogP contribution is 2.25. The van der Waals surface area contributed by atoms with Crippen LogP contribution >= 0.6 is 35.3 Å². The molecule has 1 aromatic heterocycles. The van der Waals surface area contributed by atoms with Crippen LogP contribution in [0.15, 0.2) is 34.6 Å². The number of fused-ring (bicyclic) bond motifs is 1. The predicted molar refractivity (Wildman–Crippen MR) is 104 cm³/mol. The Kier molecular flexibility index (Phi) is 6.91. The van der Waals surface area contributed by atoms with E-state index in [1.54, 1.807) is 11.3 Å². The maximum Gasteiger partial charge on any atom is 0.191 e. The second-order valence-corrected chi connectivity index (χ2v) is 6.20. The Bertz CT molecular complexity index is 623. The minimum absolute atomic E-state index is 0. The van der Waals surface area contributed by atoms with E-state index in [0.29, 0.717) is 5.92 Å². The van der Waals surface area contributed by atoms with Crippen molar-refractivity contribution in [3.63, 3.8) is 0 Å². The van der Waals surface area contributed by atoms with Crippen molar-refractivity contribution < 1.29 is 4.74 Å². The standard InChI is InChI=1S/C16H21N3OS.HI/c1-17-16(18-8-12-6-7-20-10-12)19-9-13-11-21-15-5-3-2-4-14(13)15;/h2-5,11-12H,6-10H2,1H3,(H2,17,18,19);1H. The summed E-state index contributed by atoms with van der Waals surface area (Å²) in [4.78, 5) is 4.29. The number of thiophene rings is 1. The molecule has 1 atom stereocenters. The molecule has 2 aromatic rings. The molecule has 0 saturated carbocycles. The van der Waals surface area contributed by atoms with Gasteiger partial charge in [-0.3, -0.25) is 4.99 Å². The van der Waals surface area contributed by atoms with Gasteiger partial charge in [-0.2, -0.15) is 0 Å². The molecule has 0 radical (unpaired) electrons. The molecule has 4 nitrogen and oxygen atoms in total. The van der Waals surface area contributed by atoms with Gasteiger partial charge in [-0.15, -0.1) is 35.3 Å². The lowest BCUT2D eigenvalue weighted by molar-refractivity contribution is 0.186. The molecule has 0 aliphatic carbocycles. The zero-order valence-corrected chi connectivity index (χ0v) is 15.8. The molecular formula is C16H22IN3OS. The normalized spacial score (nSPS) is 18.2. The molecule has 0 amide bonds. The van der Waals surface area contributed by atoms with Gasteiger partial charge in [0.05, 0.1) is 6.61 Å². The van der Waals surface area contributed by atoms with Gasteiger partial charge in [0.1, 0.15) is 0 Å². The Labute approximate surface area is 152 Å². The molecule has 1 aliphatic rings. The van der Waals surface area contributed by atoms with Gasteiger partial charge in [0.25, 0.3) is 0 Å². The van der Waals surface area contributed by atoms with Gasteiger partial charge in [0, 0.05) is 37.4 Å². The zero-order chi connectivity index (χ0) is 14.5. The van der Waals surface area contributed by atoms with Crippen LogP contribution in [0.4, 0.5) is 0 Å². The molecule has 0 bridgehead atoms. The summed E-state index contributed by atoms with van der Waals surface area (Å²) in [5.41, 5.74) is 1.32. The van der Waals surface area contributed by atoms with E-state index in [0.717, 1.165) is 38.7 Å². The number of ether oxygens (including phenoxy) is 1. The molecule has 2 heterocycles. The van der Waals surface area contributed by atoms with Crippen molar-refractivity contribution in [2.24, 2.45) is 10.9 Å². The van der Waals surface area contributed by atoms with Crippen molar-refractivity contribution in [1.29, 1.82) is 0 Å². The summed E-state index contributed by atoms with van der Waals surface area (Å²) in [6.07, 6.45) is 1.14. The molecule has 6 heteroatoms.